The van der Waals surface area contributed by atoms with Crippen LogP contribution in [0.3, 0.4) is 0 Å². The van der Waals surface area contributed by atoms with Gasteiger partial charge in [0.05, 0.1) is 17.1 Å². The van der Waals surface area contributed by atoms with Gasteiger partial charge in [0.15, 0.2) is 11.5 Å². The fraction of sp³-hybridized carbons (Fsp3) is 0.143. The quantitative estimate of drug-likeness (QED) is 0.265. The Morgan fingerprint density at radius 2 is 1.62 bits per heavy atom. The lowest BCUT2D eigenvalue weighted by atomic mass is 10.1. The molecule has 0 fully saturated rings. The van der Waals surface area contributed by atoms with Gasteiger partial charge in [0.2, 0.25) is 0 Å². The zero-order chi connectivity index (χ0) is 25.5. The molecule has 3 aromatic carbocycles. The van der Waals surface area contributed by atoms with Gasteiger partial charge in [-0.3, -0.25) is 9.59 Å². The van der Waals surface area contributed by atoms with Gasteiger partial charge in [0.1, 0.15) is 18.1 Å². The van der Waals surface area contributed by atoms with Crippen molar-refractivity contribution in [3.05, 3.63) is 103 Å². The summed E-state index contributed by atoms with van der Waals surface area (Å²) in [6.07, 6.45) is 0. The highest BCUT2D eigenvalue weighted by atomic mass is 35.5. The van der Waals surface area contributed by atoms with Gasteiger partial charge >= 0.3 is 0 Å². The van der Waals surface area contributed by atoms with E-state index < -0.39 is 0 Å². The first kappa shape index (κ1) is 23.9. The molecule has 6 nitrogen and oxygen atoms in total. The van der Waals surface area contributed by atoms with Gasteiger partial charge in [-0.05, 0) is 29.8 Å². The Kier molecular flexibility index (Phi) is 6.28. The van der Waals surface area contributed by atoms with Crippen molar-refractivity contribution in [3.8, 4) is 11.5 Å². The molecule has 0 unspecified atom stereocenters. The molecule has 9 heteroatoms. The van der Waals surface area contributed by atoms with E-state index in [4.69, 9.17) is 32.7 Å². The summed E-state index contributed by atoms with van der Waals surface area (Å²) in [7, 11) is 0. The zero-order valence-electron chi connectivity index (χ0n) is 19.4. The molecule has 2 aromatic heterocycles. The number of pyridine rings is 1. The van der Waals surface area contributed by atoms with Crippen molar-refractivity contribution in [1.82, 2.24) is 9.88 Å². The lowest BCUT2D eigenvalue weighted by molar-refractivity contribution is 0.0734. The first-order chi connectivity index (χ1) is 18.0. The second-order valence-electron chi connectivity index (χ2n) is 8.70. The number of halogens is 2. The molecule has 3 heterocycles. The summed E-state index contributed by atoms with van der Waals surface area (Å²) in [5.74, 6) is 0.947. The van der Waals surface area contributed by atoms with Crippen LogP contribution < -0.4 is 15.0 Å². The molecule has 1 amide bonds. The molecule has 6 rings (SSSR count). The van der Waals surface area contributed by atoms with Gasteiger partial charge in [-0.15, -0.1) is 11.3 Å². The zero-order valence-corrected chi connectivity index (χ0v) is 21.8. The van der Waals surface area contributed by atoms with Crippen molar-refractivity contribution in [2.45, 2.75) is 13.1 Å². The van der Waals surface area contributed by atoms with E-state index in [9.17, 15) is 9.59 Å². The van der Waals surface area contributed by atoms with Gasteiger partial charge in [0, 0.05) is 38.7 Å². The van der Waals surface area contributed by atoms with E-state index in [0.717, 1.165) is 21.0 Å². The van der Waals surface area contributed by atoms with E-state index in [2.05, 4.69) is 4.98 Å². The van der Waals surface area contributed by atoms with Crippen LogP contribution >= 0.6 is 34.5 Å². The van der Waals surface area contributed by atoms with Crippen molar-refractivity contribution in [2.24, 2.45) is 0 Å². The van der Waals surface area contributed by atoms with Gasteiger partial charge in [-0.25, -0.2) is 0 Å². The molecular formula is C28H20Cl2N2O4S. The third-order valence-corrected chi connectivity index (χ3v) is 8.31. The lowest BCUT2D eigenvalue weighted by Crippen LogP contribution is -2.32. The van der Waals surface area contributed by atoms with Crippen LogP contribution in [0.25, 0.3) is 21.0 Å². The van der Waals surface area contributed by atoms with E-state index in [1.165, 1.54) is 11.3 Å². The number of benzene rings is 3. The van der Waals surface area contributed by atoms with Crippen LogP contribution in [0, 0.1) is 0 Å². The molecule has 5 aromatic rings. The summed E-state index contributed by atoms with van der Waals surface area (Å²) in [5.41, 5.74) is 1.55. The number of carbonyl (C=O) groups is 1. The molecule has 0 radical (unpaired) electrons. The highest BCUT2D eigenvalue weighted by molar-refractivity contribution is 7.21. The Bertz CT molecular complexity index is 1730. The fourth-order valence-corrected chi connectivity index (χ4v) is 6.11. The number of nitrogens with zero attached hydrogens (tertiary/aromatic N) is 1. The van der Waals surface area contributed by atoms with Crippen LogP contribution in [-0.4, -0.2) is 29.0 Å². The monoisotopic (exact) mass is 550 g/mol. The molecular weight excluding hydrogens is 531 g/mol. The Hall–Kier alpha value is -3.52. The minimum absolute atomic E-state index is 0.0638. The number of hydrogen-bond acceptors (Lipinski definition) is 5. The van der Waals surface area contributed by atoms with Gasteiger partial charge in [-0.2, -0.15) is 0 Å². The van der Waals surface area contributed by atoms with Crippen molar-refractivity contribution in [1.29, 1.82) is 0 Å². The fourth-order valence-electron chi connectivity index (χ4n) is 4.44. The molecule has 186 valence electrons. The lowest BCUT2D eigenvalue weighted by Gasteiger charge is -2.23. The number of amides is 1. The molecule has 1 aliphatic heterocycles. The van der Waals surface area contributed by atoms with Crippen LogP contribution in [0.5, 0.6) is 11.5 Å². The maximum absolute atomic E-state index is 13.9. The van der Waals surface area contributed by atoms with E-state index in [0.29, 0.717) is 50.7 Å². The van der Waals surface area contributed by atoms with Crippen LogP contribution in [-0.2, 0) is 13.1 Å². The SMILES string of the molecule is O=C(c1sc2ccccc2c1Cl)N(Cc1ccccc1Cl)Cc1cc2cc3c(cc2[nH]c1=O)OCCO3. The van der Waals surface area contributed by atoms with Gasteiger partial charge in [0.25, 0.3) is 11.5 Å². The minimum atomic E-state index is -0.288. The summed E-state index contributed by atoms with van der Waals surface area (Å²) in [5, 5.41) is 2.56. The minimum Gasteiger partial charge on any atom is -0.486 e. The number of aromatic nitrogens is 1. The number of thiophene rings is 1. The Balaban J connectivity index is 1.41. The normalized spacial score (nSPS) is 12.7. The van der Waals surface area contributed by atoms with Crippen LogP contribution in [0.2, 0.25) is 10.0 Å². The largest absolute Gasteiger partial charge is 0.486 e. The van der Waals surface area contributed by atoms with Crippen LogP contribution in [0.4, 0.5) is 0 Å². The molecule has 1 N–H and O–H groups in total. The average Bonchev–Trinajstić information content (AvgIpc) is 3.24. The molecule has 0 aliphatic carbocycles. The second kappa shape index (κ2) is 9.74. The highest BCUT2D eigenvalue weighted by Crippen LogP contribution is 2.37. The summed E-state index contributed by atoms with van der Waals surface area (Å²) in [4.78, 5) is 31.9. The molecule has 0 saturated carbocycles. The van der Waals surface area contributed by atoms with E-state index in [1.807, 2.05) is 48.5 Å². The highest BCUT2D eigenvalue weighted by Gasteiger charge is 2.25. The average molecular weight is 551 g/mol. The number of aromatic amines is 1. The Morgan fingerprint density at radius 3 is 2.41 bits per heavy atom. The second-order valence-corrected chi connectivity index (χ2v) is 10.5. The Morgan fingerprint density at radius 1 is 0.919 bits per heavy atom. The molecule has 37 heavy (non-hydrogen) atoms. The molecule has 0 saturated heterocycles. The molecule has 1 aliphatic rings. The number of nitrogens with one attached hydrogen (secondary N) is 1. The van der Waals surface area contributed by atoms with E-state index >= 15 is 0 Å². The standard InChI is InChI=1S/C28H20Cl2N2O4S/c29-20-7-3-1-5-16(20)14-32(28(34)26-25(30)19-6-2-4-8-24(19)37-26)15-18-11-17-12-22-23(36-10-9-35-22)13-21(17)31-27(18)33/h1-8,11-13H,9-10,14-15H2,(H,31,33). The third kappa shape index (κ3) is 4.55. The summed E-state index contributed by atoms with van der Waals surface area (Å²) < 4.78 is 12.3. The topological polar surface area (TPSA) is 71.6 Å². The van der Waals surface area contributed by atoms with Crippen molar-refractivity contribution >= 4 is 61.4 Å². The molecule has 0 spiro atoms. The maximum Gasteiger partial charge on any atom is 0.266 e. The number of H-pyrrole nitrogens is 1. The number of ether oxygens (including phenoxy) is 2. The number of carbonyl (C=O) groups excluding carboxylic acids is 1. The summed E-state index contributed by atoms with van der Waals surface area (Å²) in [6.45, 7) is 1.20. The van der Waals surface area contributed by atoms with Crippen molar-refractivity contribution in [3.63, 3.8) is 0 Å². The predicted octanol–water partition coefficient (Wildman–Crippen LogP) is 6.66. The van der Waals surface area contributed by atoms with Gasteiger partial charge < -0.3 is 19.4 Å². The number of fused-ring (bicyclic) bond motifs is 3. The third-order valence-electron chi connectivity index (χ3n) is 6.28. The van der Waals surface area contributed by atoms with Gasteiger partial charge in [-0.1, -0.05) is 59.6 Å². The van der Waals surface area contributed by atoms with Crippen molar-refractivity contribution in [2.75, 3.05) is 13.2 Å². The van der Waals surface area contributed by atoms with E-state index in [1.54, 1.807) is 23.1 Å². The smallest absolute Gasteiger partial charge is 0.266 e. The first-order valence-corrected chi connectivity index (χ1v) is 13.2. The number of rotatable bonds is 5. The van der Waals surface area contributed by atoms with Crippen LogP contribution in [0.1, 0.15) is 20.8 Å². The maximum atomic E-state index is 13.9. The predicted molar refractivity (Wildman–Crippen MR) is 147 cm³/mol. The molecule has 0 atom stereocenters. The molecule has 0 bridgehead atoms. The van der Waals surface area contributed by atoms with E-state index in [-0.39, 0.29) is 24.6 Å². The Labute approximate surface area is 226 Å². The summed E-state index contributed by atoms with van der Waals surface area (Å²) >= 11 is 14.4. The summed E-state index contributed by atoms with van der Waals surface area (Å²) in [6, 6.07) is 20.4. The van der Waals surface area contributed by atoms with Crippen LogP contribution in [0.15, 0.2) is 71.5 Å². The van der Waals surface area contributed by atoms with Crippen molar-refractivity contribution < 1.29 is 14.3 Å². The number of hydrogen-bond donors (Lipinski definition) is 1. The first-order valence-electron chi connectivity index (χ1n) is 11.6.